The summed E-state index contributed by atoms with van der Waals surface area (Å²) in [4.78, 5) is 25.2. The van der Waals surface area contributed by atoms with E-state index in [1.54, 1.807) is 11.9 Å². The molecule has 2 aromatic rings. The molecule has 2 aliphatic heterocycles. The highest BCUT2D eigenvalue weighted by atomic mass is 35.5. The van der Waals surface area contributed by atoms with Gasteiger partial charge in [-0.05, 0) is 48.9 Å². The summed E-state index contributed by atoms with van der Waals surface area (Å²) in [5.41, 5.74) is 3.60. The van der Waals surface area contributed by atoms with E-state index in [0.717, 1.165) is 54.0 Å². The zero-order valence-electron chi connectivity index (χ0n) is 16.8. The summed E-state index contributed by atoms with van der Waals surface area (Å²) in [6.07, 6.45) is 1.56. The molecule has 2 atom stereocenters. The van der Waals surface area contributed by atoms with E-state index in [4.69, 9.17) is 16.6 Å². The van der Waals surface area contributed by atoms with Gasteiger partial charge in [-0.25, -0.2) is 4.98 Å². The quantitative estimate of drug-likeness (QED) is 0.838. The Kier molecular flexibility index (Phi) is 4.91. The first-order chi connectivity index (χ1) is 13.3. The van der Waals surface area contributed by atoms with Crippen molar-refractivity contribution in [2.45, 2.75) is 33.6 Å². The zero-order chi connectivity index (χ0) is 20.0. The van der Waals surface area contributed by atoms with Crippen LogP contribution < -0.4 is 15.1 Å². The molecule has 0 radical (unpaired) electrons. The minimum Gasteiger partial charge on any atom is -0.340 e. The first-order valence-corrected chi connectivity index (χ1v) is 10.2. The van der Waals surface area contributed by atoms with Crippen LogP contribution >= 0.6 is 11.6 Å². The maximum Gasteiger partial charge on any atom is 0.231 e. The molecule has 2 aliphatic rings. The first kappa shape index (κ1) is 19.0. The number of carbonyl (C=O) groups is 1. The fourth-order valence-electron chi connectivity index (χ4n) is 3.90. The van der Waals surface area contributed by atoms with Crippen LogP contribution in [0.5, 0.6) is 0 Å². The number of rotatable bonds is 3. The average Bonchev–Trinajstić information content (AvgIpc) is 2.94. The molecule has 1 fully saturated rings. The zero-order valence-corrected chi connectivity index (χ0v) is 17.5. The third-order valence-corrected chi connectivity index (χ3v) is 6.49. The molecule has 28 heavy (non-hydrogen) atoms. The van der Waals surface area contributed by atoms with E-state index in [2.05, 4.69) is 29.0 Å². The summed E-state index contributed by atoms with van der Waals surface area (Å²) in [6.45, 7) is 8.40. The van der Waals surface area contributed by atoms with Gasteiger partial charge >= 0.3 is 0 Å². The largest absolute Gasteiger partial charge is 0.340 e. The Morgan fingerprint density at radius 2 is 2.00 bits per heavy atom. The molecule has 148 valence electrons. The van der Waals surface area contributed by atoms with Gasteiger partial charge in [0.05, 0.1) is 12.1 Å². The number of likely N-dealkylation sites (N-methyl/N-ethyl adjacent to an activating group) is 1. The Bertz CT molecular complexity index is 931. The number of aromatic nitrogens is 2. The van der Waals surface area contributed by atoms with Crippen LogP contribution in [0.15, 0.2) is 18.2 Å². The summed E-state index contributed by atoms with van der Waals surface area (Å²) in [5, 5.41) is 3.86. The van der Waals surface area contributed by atoms with Crippen LogP contribution in [0.2, 0.25) is 5.02 Å². The smallest absolute Gasteiger partial charge is 0.231 e. The summed E-state index contributed by atoms with van der Waals surface area (Å²) in [6, 6.07) is 5.90. The Morgan fingerprint density at radius 3 is 2.75 bits per heavy atom. The first-order valence-electron chi connectivity index (χ1n) is 9.79. The molecule has 1 saturated heterocycles. The Hall–Kier alpha value is -2.34. The molecule has 1 amide bonds. The molecule has 4 rings (SSSR count). The topological polar surface area (TPSA) is 61.4 Å². The van der Waals surface area contributed by atoms with Gasteiger partial charge in [0, 0.05) is 31.5 Å². The van der Waals surface area contributed by atoms with Gasteiger partial charge in [0.15, 0.2) is 5.82 Å². The number of aryl methyl sites for hydroxylation is 1. The summed E-state index contributed by atoms with van der Waals surface area (Å²) in [7, 11) is 1.80. The summed E-state index contributed by atoms with van der Waals surface area (Å²) < 4.78 is 0. The highest BCUT2D eigenvalue weighted by Gasteiger charge is 2.26. The average molecular weight is 400 g/mol. The minimum absolute atomic E-state index is 0.110. The van der Waals surface area contributed by atoms with Gasteiger partial charge in [-0.15, -0.1) is 0 Å². The van der Waals surface area contributed by atoms with E-state index < -0.39 is 0 Å². The van der Waals surface area contributed by atoms with Crippen molar-refractivity contribution in [3.8, 4) is 0 Å². The van der Waals surface area contributed by atoms with Crippen molar-refractivity contribution < 1.29 is 4.79 Å². The fraction of sp³-hybridized carbons (Fsp3) is 0.476. The Balaban J connectivity index is 1.61. The second kappa shape index (κ2) is 7.24. The molecule has 0 spiro atoms. The lowest BCUT2D eigenvalue weighted by Crippen LogP contribution is -2.39. The fourth-order valence-corrected chi connectivity index (χ4v) is 4.03. The number of nitrogens with one attached hydrogen (secondary N) is 1. The molecule has 1 aromatic heterocycles. The van der Waals surface area contributed by atoms with Gasteiger partial charge in [-0.3, -0.25) is 4.79 Å². The van der Waals surface area contributed by atoms with E-state index in [9.17, 15) is 4.79 Å². The van der Waals surface area contributed by atoms with Crippen LogP contribution in [0.3, 0.4) is 0 Å². The lowest BCUT2D eigenvalue weighted by molar-refractivity contribution is -0.117. The van der Waals surface area contributed by atoms with Crippen LogP contribution in [0.25, 0.3) is 0 Å². The van der Waals surface area contributed by atoms with Crippen molar-refractivity contribution in [2.75, 3.05) is 35.3 Å². The number of nitrogens with zero attached hydrogens (tertiary/aromatic N) is 4. The van der Waals surface area contributed by atoms with Crippen LogP contribution in [-0.2, 0) is 11.2 Å². The van der Waals surface area contributed by atoms with Crippen LogP contribution in [0.1, 0.15) is 31.5 Å². The number of halogens is 1. The maximum absolute atomic E-state index is 11.9. The van der Waals surface area contributed by atoms with Crippen LogP contribution in [0, 0.1) is 18.8 Å². The van der Waals surface area contributed by atoms with E-state index in [1.165, 1.54) is 0 Å². The molecule has 1 N–H and O–H groups in total. The number of carbonyl (C=O) groups excluding carboxylic acids is 1. The summed E-state index contributed by atoms with van der Waals surface area (Å²) >= 11 is 6.50. The van der Waals surface area contributed by atoms with Crippen molar-refractivity contribution in [2.24, 2.45) is 11.8 Å². The maximum atomic E-state index is 11.9. The molecule has 3 heterocycles. The van der Waals surface area contributed by atoms with Crippen molar-refractivity contribution in [3.05, 3.63) is 34.5 Å². The number of anilines is 4. The molecule has 6 nitrogen and oxygen atoms in total. The molecule has 0 saturated carbocycles. The minimum atomic E-state index is 0.110. The Labute approximate surface area is 170 Å². The SMILES string of the molecule is Cc1nc(N2CC[C@@H](C)[C@H](C)C2)nc(Nc2ccc3c(c2)CC(=O)N3C)c1Cl. The van der Waals surface area contributed by atoms with Crippen LogP contribution in [-0.4, -0.2) is 36.0 Å². The molecule has 0 unspecified atom stereocenters. The van der Waals surface area contributed by atoms with Gasteiger partial charge in [-0.1, -0.05) is 25.4 Å². The molecule has 0 aliphatic carbocycles. The van der Waals surface area contributed by atoms with E-state index >= 15 is 0 Å². The Morgan fingerprint density at radius 1 is 1.21 bits per heavy atom. The monoisotopic (exact) mass is 399 g/mol. The number of hydrogen-bond donors (Lipinski definition) is 1. The standard InChI is InChI=1S/C21H26ClN5O/c1-12-7-8-27(11-13(12)2)21-23-14(3)19(22)20(25-21)24-16-5-6-17-15(9-16)10-18(28)26(17)4/h5-6,9,12-13H,7-8,10-11H2,1-4H3,(H,23,24,25)/t12-,13-/m1/s1. The second-order valence-electron chi connectivity index (χ2n) is 8.06. The molecule has 0 bridgehead atoms. The molecule has 1 aromatic carbocycles. The summed E-state index contributed by atoms with van der Waals surface area (Å²) in [5.74, 6) is 2.76. The number of piperidine rings is 1. The number of benzene rings is 1. The van der Waals surface area contributed by atoms with Crippen molar-refractivity contribution in [1.82, 2.24) is 9.97 Å². The predicted molar refractivity (Wildman–Crippen MR) is 114 cm³/mol. The predicted octanol–water partition coefficient (Wildman–Crippen LogP) is 4.18. The molecule has 7 heteroatoms. The molecular formula is C21H26ClN5O. The number of amides is 1. The highest BCUT2D eigenvalue weighted by molar-refractivity contribution is 6.33. The highest BCUT2D eigenvalue weighted by Crippen LogP contribution is 2.34. The van der Waals surface area contributed by atoms with Crippen molar-refractivity contribution >= 4 is 40.6 Å². The van der Waals surface area contributed by atoms with Gasteiger partial charge in [0.2, 0.25) is 11.9 Å². The number of hydrogen-bond acceptors (Lipinski definition) is 5. The van der Waals surface area contributed by atoms with Crippen LogP contribution in [0.4, 0.5) is 23.1 Å². The molecular weight excluding hydrogens is 374 g/mol. The number of fused-ring (bicyclic) bond motifs is 1. The van der Waals surface area contributed by atoms with E-state index in [0.29, 0.717) is 23.2 Å². The lowest BCUT2D eigenvalue weighted by atomic mass is 9.89. The van der Waals surface area contributed by atoms with Crippen molar-refractivity contribution in [3.63, 3.8) is 0 Å². The lowest BCUT2D eigenvalue weighted by Gasteiger charge is -2.35. The van der Waals surface area contributed by atoms with Gasteiger partial charge in [0.1, 0.15) is 5.02 Å². The van der Waals surface area contributed by atoms with E-state index in [-0.39, 0.29) is 5.91 Å². The second-order valence-corrected chi connectivity index (χ2v) is 8.44. The third-order valence-electron chi connectivity index (χ3n) is 6.04. The normalized spacial score (nSPS) is 21.8. The van der Waals surface area contributed by atoms with Gasteiger partial charge < -0.3 is 15.1 Å². The third kappa shape index (κ3) is 3.41. The van der Waals surface area contributed by atoms with Gasteiger partial charge in [-0.2, -0.15) is 4.98 Å². The van der Waals surface area contributed by atoms with Gasteiger partial charge in [0.25, 0.3) is 0 Å². The van der Waals surface area contributed by atoms with Crippen molar-refractivity contribution in [1.29, 1.82) is 0 Å². The van der Waals surface area contributed by atoms with E-state index in [1.807, 2.05) is 25.1 Å².